The average molecular weight is 487 g/mol. The molecule has 3 aromatic rings. The van der Waals surface area contributed by atoms with Crippen LogP contribution in [0.1, 0.15) is 28.9 Å². The van der Waals surface area contributed by atoms with Crippen LogP contribution < -0.4 is 11.1 Å². The fourth-order valence-electron chi connectivity index (χ4n) is 3.58. The van der Waals surface area contributed by atoms with Crippen molar-refractivity contribution in [2.45, 2.75) is 38.8 Å². The Kier molecular flexibility index (Phi) is 7.08. The van der Waals surface area contributed by atoms with E-state index in [1.54, 1.807) is 0 Å². The second-order valence-electron chi connectivity index (χ2n) is 6.94. The van der Waals surface area contributed by atoms with Gasteiger partial charge in [0.1, 0.15) is 12.4 Å². The van der Waals surface area contributed by atoms with E-state index in [1.165, 1.54) is 29.5 Å². The Labute approximate surface area is 183 Å². The van der Waals surface area contributed by atoms with Gasteiger partial charge in [0.25, 0.3) is 0 Å². The Morgan fingerprint density at radius 2 is 1.93 bits per heavy atom. The van der Waals surface area contributed by atoms with Gasteiger partial charge in [0.2, 0.25) is 0 Å². The van der Waals surface area contributed by atoms with Crippen molar-refractivity contribution in [1.29, 1.82) is 0 Å². The van der Waals surface area contributed by atoms with Gasteiger partial charge in [0.15, 0.2) is 5.96 Å². The number of hydrogen-bond donors (Lipinski definition) is 2. The highest BCUT2D eigenvalue weighted by Crippen LogP contribution is 2.24. The summed E-state index contributed by atoms with van der Waals surface area (Å²) in [5.41, 5.74) is 11.3. The number of hydrogen-bond acceptors (Lipinski definition) is 2. The molecular formula is C22H26IN5. The molecular weight excluding hydrogens is 461 g/mol. The van der Waals surface area contributed by atoms with Crippen LogP contribution >= 0.6 is 24.0 Å². The fraction of sp³-hybridized carbons (Fsp3) is 0.273. The van der Waals surface area contributed by atoms with Crippen molar-refractivity contribution >= 4 is 35.6 Å². The highest BCUT2D eigenvalue weighted by Gasteiger charge is 2.11. The van der Waals surface area contributed by atoms with Crippen molar-refractivity contribution in [2.75, 3.05) is 5.32 Å². The maximum Gasteiger partial charge on any atom is 0.193 e. The van der Waals surface area contributed by atoms with Gasteiger partial charge < -0.3 is 15.6 Å². The molecule has 0 amide bonds. The molecule has 0 saturated heterocycles. The smallest absolute Gasteiger partial charge is 0.193 e. The summed E-state index contributed by atoms with van der Waals surface area (Å²) in [4.78, 5) is 8.90. The van der Waals surface area contributed by atoms with Gasteiger partial charge in [-0.2, -0.15) is 0 Å². The predicted octanol–water partition coefficient (Wildman–Crippen LogP) is 4.16. The first-order valence-corrected chi connectivity index (χ1v) is 9.50. The molecule has 1 heterocycles. The SMILES string of the molecule is I.NC(=NCc1nccn1CCc1ccccc1)Nc1ccc2c(c1)CCC2. The van der Waals surface area contributed by atoms with Crippen LogP contribution in [0, 0.1) is 0 Å². The second-order valence-corrected chi connectivity index (χ2v) is 6.94. The summed E-state index contributed by atoms with van der Waals surface area (Å²) in [6.45, 7) is 1.35. The van der Waals surface area contributed by atoms with Crippen LogP contribution in [0.4, 0.5) is 5.69 Å². The lowest BCUT2D eigenvalue weighted by Crippen LogP contribution is -2.23. The Morgan fingerprint density at radius 1 is 1.11 bits per heavy atom. The molecule has 28 heavy (non-hydrogen) atoms. The number of benzene rings is 2. The number of aromatic nitrogens is 2. The second kappa shape index (κ2) is 9.73. The largest absolute Gasteiger partial charge is 0.370 e. The molecule has 6 heteroatoms. The lowest BCUT2D eigenvalue weighted by molar-refractivity contribution is 0.652. The Balaban J connectivity index is 0.00000225. The third kappa shape index (κ3) is 5.13. The molecule has 0 spiro atoms. The van der Waals surface area contributed by atoms with Gasteiger partial charge in [-0.15, -0.1) is 24.0 Å². The quantitative estimate of drug-likeness (QED) is 0.312. The minimum absolute atomic E-state index is 0. The van der Waals surface area contributed by atoms with Gasteiger partial charge in [-0.05, 0) is 54.5 Å². The van der Waals surface area contributed by atoms with Gasteiger partial charge in [0.05, 0.1) is 0 Å². The van der Waals surface area contributed by atoms with E-state index < -0.39 is 0 Å². The van der Waals surface area contributed by atoms with Gasteiger partial charge in [-0.1, -0.05) is 36.4 Å². The fourth-order valence-corrected chi connectivity index (χ4v) is 3.58. The highest BCUT2D eigenvalue weighted by atomic mass is 127. The number of halogens is 1. The van der Waals surface area contributed by atoms with E-state index in [4.69, 9.17) is 5.73 Å². The minimum Gasteiger partial charge on any atom is -0.370 e. The van der Waals surface area contributed by atoms with Crippen LogP contribution in [-0.4, -0.2) is 15.5 Å². The molecule has 2 aromatic carbocycles. The van der Waals surface area contributed by atoms with Gasteiger partial charge >= 0.3 is 0 Å². The van der Waals surface area contributed by atoms with Crippen molar-refractivity contribution in [3.05, 3.63) is 83.4 Å². The standard InChI is InChI=1S/C22H25N5.HI/c23-22(26-20-10-9-18-7-4-8-19(18)15-20)25-16-21-24-12-14-27(21)13-11-17-5-2-1-3-6-17;/h1-3,5-6,9-10,12,14-15H,4,7-8,11,13,16H2,(H3,23,25,26);1H. The summed E-state index contributed by atoms with van der Waals surface area (Å²) in [6, 6.07) is 16.9. The van der Waals surface area contributed by atoms with E-state index in [2.05, 4.69) is 62.3 Å². The van der Waals surface area contributed by atoms with Crippen molar-refractivity contribution in [1.82, 2.24) is 9.55 Å². The number of imidazole rings is 1. The van der Waals surface area contributed by atoms with E-state index >= 15 is 0 Å². The number of nitrogens with one attached hydrogen (secondary N) is 1. The summed E-state index contributed by atoms with van der Waals surface area (Å²) >= 11 is 0. The number of fused-ring (bicyclic) bond motifs is 1. The molecule has 0 fully saturated rings. The molecule has 0 saturated carbocycles. The topological polar surface area (TPSA) is 68.2 Å². The predicted molar refractivity (Wildman–Crippen MR) is 125 cm³/mol. The number of guanidine groups is 1. The zero-order valence-corrected chi connectivity index (χ0v) is 18.2. The van der Waals surface area contributed by atoms with E-state index in [-0.39, 0.29) is 24.0 Å². The molecule has 0 unspecified atom stereocenters. The van der Waals surface area contributed by atoms with E-state index in [0.717, 1.165) is 30.9 Å². The highest BCUT2D eigenvalue weighted by molar-refractivity contribution is 14.0. The van der Waals surface area contributed by atoms with E-state index in [0.29, 0.717) is 12.5 Å². The summed E-state index contributed by atoms with van der Waals surface area (Å²) in [7, 11) is 0. The number of aliphatic imine (C=N–C) groups is 1. The first-order chi connectivity index (χ1) is 13.3. The molecule has 5 nitrogen and oxygen atoms in total. The molecule has 4 rings (SSSR count). The minimum atomic E-state index is 0. The third-order valence-corrected chi connectivity index (χ3v) is 5.05. The molecule has 0 bridgehead atoms. The van der Waals surface area contributed by atoms with Crippen LogP contribution in [0.5, 0.6) is 0 Å². The number of rotatable bonds is 6. The molecule has 0 aliphatic heterocycles. The van der Waals surface area contributed by atoms with Crippen molar-refractivity contribution < 1.29 is 0 Å². The summed E-state index contributed by atoms with van der Waals surface area (Å²) < 4.78 is 2.14. The van der Waals surface area contributed by atoms with Crippen molar-refractivity contribution in [2.24, 2.45) is 10.7 Å². The lowest BCUT2D eigenvalue weighted by atomic mass is 10.1. The maximum atomic E-state index is 6.08. The van der Waals surface area contributed by atoms with E-state index in [1.807, 2.05) is 18.5 Å². The lowest BCUT2D eigenvalue weighted by Gasteiger charge is -2.09. The normalized spacial score (nSPS) is 13.1. The molecule has 0 atom stereocenters. The van der Waals surface area contributed by atoms with Crippen molar-refractivity contribution in [3.63, 3.8) is 0 Å². The molecule has 1 aromatic heterocycles. The molecule has 1 aliphatic rings. The number of nitrogens with two attached hydrogens (primary N) is 1. The Hall–Kier alpha value is -2.35. The number of aryl methyl sites for hydroxylation is 4. The van der Waals surface area contributed by atoms with Crippen LogP contribution in [0.15, 0.2) is 65.9 Å². The first kappa shape index (κ1) is 20.4. The van der Waals surface area contributed by atoms with Gasteiger partial charge in [-0.3, -0.25) is 0 Å². The molecule has 3 N–H and O–H groups in total. The van der Waals surface area contributed by atoms with Gasteiger partial charge in [0, 0.05) is 24.6 Å². The summed E-state index contributed by atoms with van der Waals surface area (Å²) in [6.07, 6.45) is 8.37. The van der Waals surface area contributed by atoms with Crippen LogP contribution in [-0.2, 0) is 32.4 Å². The Morgan fingerprint density at radius 3 is 2.79 bits per heavy atom. The molecule has 1 aliphatic carbocycles. The zero-order valence-electron chi connectivity index (χ0n) is 15.8. The van der Waals surface area contributed by atoms with E-state index in [9.17, 15) is 0 Å². The van der Waals surface area contributed by atoms with Crippen LogP contribution in [0.3, 0.4) is 0 Å². The Bertz CT molecular complexity index is 933. The summed E-state index contributed by atoms with van der Waals surface area (Å²) in [5.74, 6) is 1.34. The first-order valence-electron chi connectivity index (χ1n) is 9.50. The summed E-state index contributed by atoms with van der Waals surface area (Å²) in [5, 5.41) is 3.20. The molecule has 0 radical (unpaired) electrons. The molecule has 146 valence electrons. The third-order valence-electron chi connectivity index (χ3n) is 5.05. The average Bonchev–Trinajstić information content (AvgIpc) is 3.34. The monoisotopic (exact) mass is 487 g/mol. The van der Waals surface area contributed by atoms with Gasteiger partial charge in [-0.25, -0.2) is 9.98 Å². The van der Waals surface area contributed by atoms with Crippen LogP contribution in [0.25, 0.3) is 0 Å². The number of nitrogens with zero attached hydrogens (tertiary/aromatic N) is 3. The zero-order chi connectivity index (χ0) is 18.5. The maximum absolute atomic E-state index is 6.08. The number of anilines is 1. The van der Waals surface area contributed by atoms with Crippen LogP contribution in [0.2, 0.25) is 0 Å². The van der Waals surface area contributed by atoms with Crippen molar-refractivity contribution in [3.8, 4) is 0 Å².